The molecular formula is C15H15NO. The topological polar surface area (TPSA) is 22.0 Å². The van der Waals surface area contributed by atoms with Gasteiger partial charge in [0, 0.05) is 23.9 Å². The number of carbonyl (C=O) groups excluding carboxylic acids is 1. The first-order valence-corrected chi connectivity index (χ1v) is 6.50. The van der Waals surface area contributed by atoms with E-state index in [2.05, 4.69) is 28.8 Å². The van der Waals surface area contributed by atoms with E-state index in [0.717, 1.165) is 25.1 Å². The molecule has 4 rings (SSSR count). The van der Waals surface area contributed by atoms with Crippen LogP contribution >= 0.6 is 0 Å². The summed E-state index contributed by atoms with van der Waals surface area (Å²) in [7, 11) is 0. The minimum atomic E-state index is 0.356. The summed E-state index contributed by atoms with van der Waals surface area (Å²) < 4.78 is 2.26. The van der Waals surface area contributed by atoms with Crippen LogP contribution in [0.1, 0.15) is 47.7 Å². The van der Waals surface area contributed by atoms with Gasteiger partial charge in [0.2, 0.25) is 0 Å². The van der Waals surface area contributed by atoms with Crippen LogP contribution in [0.5, 0.6) is 0 Å². The number of para-hydroxylation sites is 1. The van der Waals surface area contributed by atoms with Gasteiger partial charge >= 0.3 is 0 Å². The lowest BCUT2D eigenvalue weighted by atomic mass is 10.0. The van der Waals surface area contributed by atoms with Crippen LogP contribution in [0.25, 0.3) is 10.9 Å². The van der Waals surface area contributed by atoms with Crippen LogP contribution in [0.4, 0.5) is 0 Å². The van der Waals surface area contributed by atoms with Crippen LogP contribution in [-0.4, -0.2) is 10.4 Å². The second-order valence-electron chi connectivity index (χ2n) is 5.23. The summed E-state index contributed by atoms with van der Waals surface area (Å²) in [6.07, 6.45) is 4.24. The SMILES string of the molecule is O=C1CCCn2c1c(C1CC1)c1ccccc12. The molecule has 0 radical (unpaired) electrons. The first-order valence-electron chi connectivity index (χ1n) is 6.50. The van der Waals surface area contributed by atoms with E-state index >= 15 is 0 Å². The van der Waals surface area contributed by atoms with Crippen molar-refractivity contribution in [3.63, 3.8) is 0 Å². The molecule has 0 spiro atoms. The van der Waals surface area contributed by atoms with Crippen LogP contribution in [0.15, 0.2) is 24.3 Å². The average molecular weight is 225 g/mol. The number of hydrogen-bond donors (Lipinski definition) is 0. The zero-order valence-corrected chi connectivity index (χ0v) is 9.78. The Balaban J connectivity index is 2.12. The molecule has 1 fully saturated rings. The molecule has 0 unspecified atom stereocenters. The number of aryl methyl sites for hydroxylation is 1. The fraction of sp³-hybridized carbons (Fsp3) is 0.400. The summed E-state index contributed by atoms with van der Waals surface area (Å²) in [6.45, 7) is 1.01. The van der Waals surface area contributed by atoms with Crippen molar-refractivity contribution in [2.75, 3.05) is 0 Å². The van der Waals surface area contributed by atoms with E-state index in [1.807, 2.05) is 0 Å². The van der Waals surface area contributed by atoms with Gasteiger partial charge in [-0.3, -0.25) is 4.79 Å². The third-order valence-electron chi connectivity index (χ3n) is 4.05. The fourth-order valence-corrected chi connectivity index (χ4v) is 3.16. The Hall–Kier alpha value is -1.57. The Morgan fingerprint density at radius 2 is 2.00 bits per heavy atom. The number of carbonyl (C=O) groups is 1. The molecule has 0 atom stereocenters. The molecular weight excluding hydrogens is 210 g/mol. The smallest absolute Gasteiger partial charge is 0.179 e. The molecule has 17 heavy (non-hydrogen) atoms. The molecule has 0 amide bonds. The molecule has 0 bridgehead atoms. The van der Waals surface area contributed by atoms with Crippen LogP contribution in [0, 0.1) is 0 Å². The molecule has 1 saturated carbocycles. The normalized spacial score (nSPS) is 19.6. The quantitative estimate of drug-likeness (QED) is 0.728. The number of Topliss-reactive ketones (excluding diaryl/α,β-unsaturated/α-hetero) is 1. The minimum absolute atomic E-state index is 0.356. The number of nitrogens with zero attached hydrogens (tertiary/aromatic N) is 1. The Labute approximate surface area is 100 Å². The summed E-state index contributed by atoms with van der Waals surface area (Å²) in [5, 5.41) is 1.32. The summed E-state index contributed by atoms with van der Waals surface area (Å²) >= 11 is 0. The number of aromatic nitrogens is 1. The highest BCUT2D eigenvalue weighted by atomic mass is 16.1. The van der Waals surface area contributed by atoms with Crippen LogP contribution in [-0.2, 0) is 6.54 Å². The summed E-state index contributed by atoms with van der Waals surface area (Å²) in [5.74, 6) is 1.01. The summed E-state index contributed by atoms with van der Waals surface area (Å²) in [5.41, 5.74) is 3.64. The zero-order chi connectivity index (χ0) is 11.4. The molecule has 1 aromatic heterocycles. The summed E-state index contributed by atoms with van der Waals surface area (Å²) in [4.78, 5) is 12.2. The molecule has 2 nitrogen and oxygen atoms in total. The van der Waals surface area contributed by atoms with Gasteiger partial charge < -0.3 is 4.57 Å². The first-order chi connectivity index (χ1) is 8.36. The van der Waals surface area contributed by atoms with E-state index in [4.69, 9.17) is 0 Å². The highest BCUT2D eigenvalue weighted by Crippen LogP contribution is 2.47. The largest absolute Gasteiger partial charge is 0.338 e. The Kier molecular flexibility index (Phi) is 1.79. The Morgan fingerprint density at radius 1 is 1.18 bits per heavy atom. The van der Waals surface area contributed by atoms with Crippen molar-refractivity contribution in [3.8, 4) is 0 Å². The van der Waals surface area contributed by atoms with Crippen molar-refractivity contribution in [2.45, 2.75) is 38.1 Å². The van der Waals surface area contributed by atoms with Gasteiger partial charge in [0.05, 0.1) is 5.69 Å². The predicted molar refractivity (Wildman–Crippen MR) is 67.5 cm³/mol. The molecule has 0 saturated heterocycles. The maximum Gasteiger partial charge on any atom is 0.179 e. The molecule has 1 aliphatic heterocycles. The third-order valence-corrected chi connectivity index (χ3v) is 4.05. The van der Waals surface area contributed by atoms with E-state index in [9.17, 15) is 4.79 Å². The molecule has 86 valence electrons. The fourth-order valence-electron chi connectivity index (χ4n) is 3.16. The maximum atomic E-state index is 12.2. The number of benzene rings is 1. The predicted octanol–water partition coefficient (Wildman–Crippen LogP) is 3.50. The molecule has 1 aromatic carbocycles. The molecule has 2 heteroatoms. The number of rotatable bonds is 1. The molecule has 0 N–H and O–H groups in total. The second-order valence-corrected chi connectivity index (χ2v) is 5.23. The van der Waals surface area contributed by atoms with Crippen molar-refractivity contribution in [1.82, 2.24) is 4.57 Å². The maximum absolute atomic E-state index is 12.2. The van der Waals surface area contributed by atoms with Gasteiger partial charge in [0.25, 0.3) is 0 Å². The molecule has 2 aliphatic rings. The van der Waals surface area contributed by atoms with E-state index in [1.165, 1.54) is 29.3 Å². The second kappa shape index (κ2) is 3.22. The van der Waals surface area contributed by atoms with Gasteiger partial charge in [-0.05, 0) is 36.8 Å². The average Bonchev–Trinajstić information content (AvgIpc) is 3.12. The lowest BCUT2D eigenvalue weighted by Crippen LogP contribution is -2.17. The van der Waals surface area contributed by atoms with Gasteiger partial charge in [-0.25, -0.2) is 0 Å². The third kappa shape index (κ3) is 1.24. The summed E-state index contributed by atoms with van der Waals surface area (Å²) in [6, 6.07) is 8.50. The van der Waals surface area contributed by atoms with Crippen LogP contribution in [0.3, 0.4) is 0 Å². The van der Waals surface area contributed by atoms with E-state index in [0.29, 0.717) is 11.7 Å². The van der Waals surface area contributed by atoms with Crippen LogP contribution in [0.2, 0.25) is 0 Å². The van der Waals surface area contributed by atoms with Crippen molar-refractivity contribution in [1.29, 1.82) is 0 Å². The van der Waals surface area contributed by atoms with Crippen molar-refractivity contribution < 1.29 is 4.79 Å². The molecule has 2 aromatic rings. The zero-order valence-electron chi connectivity index (χ0n) is 9.78. The monoisotopic (exact) mass is 225 g/mol. The van der Waals surface area contributed by atoms with Crippen molar-refractivity contribution in [3.05, 3.63) is 35.5 Å². The highest BCUT2D eigenvalue weighted by Gasteiger charge is 2.34. The Bertz CT molecular complexity index is 619. The van der Waals surface area contributed by atoms with Gasteiger partial charge in [0.1, 0.15) is 0 Å². The van der Waals surface area contributed by atoms with E-state index in [-0.39, 0.29) is 0 Å². The lowest BCUT2D eigenvalue weighted by Gasteiger charge is -2.16. The minimum Gasteiger partial charge on any atom is -0.338 e. The first kappa shape index (κ1) is 9.46. The molecule has 1 aliphatic carbocycles. The Morgan fingerprint density at radius 3 is 2.82 bits per heavy atom. The van der Waals surface area contributed by atoms with Crippen molar-refractivity contribution >= 4 is 16.7 Å². The number of ketones is 1. The van der Waals surface area contributed by atoms with Crippen molar-refractivity contribution in [2.24, 2.45) is 0 Å². The van der Waals surface area contributed by atoms with E-state index < -0.39 is 0 Å². The highest BCUT2D eigenvalue weighted by molar-refractivity contribution is 6.04. The van der Waals surface area contributed by atoms with Gasteiger partial charge in [-0.1, -0.05) is 18.2 Å². The van der Waals surface area contributed by atoms with Gasteiger partial charge in [-0.2, -0.15) is 0 Å². The van der Waals surface area contributed by atoms with Gasteiger partial charge in [0.15, 0.2) is 5.78 Å². The number of hydrogen-bond acceptors (Lipinski definition) is 1. The van der Waals surface area contributed by atoms with Crippen LogP contribution < -0.4 is 0 Å². The lowest BCUT2D eigenvalue weighted by molar-refractivity contribution is 0.0955. The standard InChI is InChI=1S/C15H15NO/c17-13-6-3-9-16-12-5-2-1-4-11(12)14(15(13)16)10-7-8-10/h1-2,4-5,10H,3,6-9H2. The van der Waals surface area contributed by atoms with Gasteiger partial charge in [-0.15, -0.1) is 0 Å². The number of fused-ring (bicyclic) bond motifs is 3. The molecule has 2 heterocycles. The van der Waals surface area contributed by atoms with E-state index in [1.54, 1.807) is 0 Å².